The van der Waals surface area contributed by atoms with E-state index in [1.165, 1.54) is 37.8 Å². The van der Waals surface area contributed by atoms with Gasteiger partial charge in [0.15, 0.2) is 18.1 Å². The summed E-state index contributed by atoms with van der Waals surface area (Å²) in [6.07, 6.45) is 6.18. The number of methoxy groups -OCH3 is 1. The molecule has 8 nitrogen and oxygen atoms in total. The van der Waals surface area contributed by atoms with Gasteiger partial charge in [-0.2, -0.15) is 0 Å². The van der Waals surface area contributed by atoms with Gasteiger partial charge in [-0.1, -0.05) is 12.8 Å². The molecule has 3 aromatic rings. The molecule has 1 atom stereocenters. The van der Waals surface area contributed by atoms with Crippen molar-refractivity contribution in [1.82, 2.24) is 4.98 Å². The Morgan fingerprint density at radius 3 is 2.69 bits per heavy atom. The van der Waals surface area contributed by atoms with Crippen molar-refractivity contribution >= 4 is 45.3 Å². The number of ether oxygens (including phenoxy) is 2. The number of oxazole rings is 1. The third kappa shape index (κ3) is 4.52. The van der Waals surface area contributed by atoms with Crippen LogP contribution in [0.5, 0.6) is 0 Å². The van der Waals surface area contributed by atoms with E-state index in [0.29, 0.717) is 21.7 Å². The van der Waals surface area contributed by atoms with Crippen LogP contribution in [-0.4, -0.2) is 36.0 Å². The van der Waals surface area contributed by atoms with Gasteiger partial charge in [0.25, 0.3) is 5.91 Å². The second-order valence-corrected chi connectivity index (χ2v) is 8.79. The predicted octanol–water partition coefficient (Wildman–Crippen LogP) is 4.52. The third-order valence-electron chi connectivity index (χ3n) is 5.52. The Balaban J connectivity index is 1.50. The first kappa shape index (κ1) is 22.0. The molecule has 1 unspecified atom stereocenters. The summed E-state index contributed by atoms with van der Waals surface area (Å²) in [7, 11) is 1.33. The van der Waals surface area contributed by atoms with Crippen molar-refractivity contribution in [2.45, 2.75) is 51.6 Å². The van der Waals surface area contributed by atoms with Crippen LogP contribution in [0.4, 0.5) is 5.00 Å². The zero-order valence-electron chi connectivity index (χ0n) is 17.9. The number of fused-ring (bicyclic) bond motifs is 2. The van der Waals surface area contributed by atoms with Crippen molar-refractivity contribution in [2.24, 2.45) is 0 Å². The van der Waals surface area contributed by atoms with E-state index in [0.717, 1.165) is 49.0 Å². The Bertz CT molecular complexity index is 1160. The first-order valence-electron chi connectivity index (χ1n) is 10.6. The van der Waals surface area contributed by atoms with E-state index >= 15 is 0 Å². The number of benzene rings is 1. The third-order valence-corrected chi connectivity index (χ3v) is 6.72. The van der Waals surface area contributed by atoms with Crippen molar-refractivity contribution in [3.8, 4) is 0 Å². The quantitative estimate of drug-likeness (QED) is 0.563. The first-order valence-corrected chi connectivity index (χ1v) is 11.4. The number of nitrogens with one attached hydrogen (secondary N) is 1. The lowest BCUT2D eigenvalue weighted by molar-refractivity contribution is -0.123. The second kappa shape index (κ2) is 9.52. The van der Waals surface area contributed by atoms with E-state index < -0.39 is 23.9 Å². The number of amides is 1. The summed E-state index contributed by atoms with van der Waals surface area (Å²) in [5, 5.41) is 3.22. The van der Waals surface area contributed by atoms with E-state index in [2.05, 4.69) is 10.3 Å². The number of anilines is 1. The van der Waals surface area contributed by atoms with E-state index in [4.69, 9.17) is 13.9 Å². The van der Waals surface area contributed by atoms with E-state index in [1.807, 2.05) is 0 Å². The van der Waals surface area contributed by atoms with Gasteiger partial charge >= 0.3 is 11.9 Å². The highest BCUT2D eigenvalue weighted by atomic mass is 32.1. The minimum atomic E-state index is -1.07. The summed E-state index contributed by atoms with van der Waals surface area (Å²) >= 11 is 1.40. The average Bonchev–Trinajstić information content (AvgIpc) is 3.36. The molecule has 1 aromatic carbocycles. The SMILES string of the molecule is COC(=O)c1c(NC(=O)C(C)OC(=O)c2ccc3ncoc3c2)sc2c1CCCCCC2. The van der Waals surface area contributed by atoms with Crippen LogP contribution >= 0.6 is 11.3 Å². The fourth-order valence-electron chi connectivity index (χ4n) is 3.80. The lowest BCUT2D eigenvalue weighted by Crippen LogP contribution is -2.30. The fraction of sp³-hybridized carbons (Fsp3) is 0.391. The molecule has 1 N–H and O–H groups in total. The van der Waals surface area contributed by atoms with Crippen LogP contribution in [0.1, 0.15) is 63.8 Å². The molecule has 2 aromatic heterocycles. The Kier molecular flexibility index (Phi) is 6.55. The zero-order chi connectivity index (χ0) is 22.7. The van der Waals surface area contributed by atoms with Crippen molar-refractivity contribution in [3.63, 3.8) is 0 Å². The Morgan fingerprint density at radius 1 is 1.12 bits per heavy atom. The van der Waals surface area contributed by atoms with Gasteiger partial charge in [0.05, 0.1) is 18.2 Å². The van der Waals surface area contributed by atoms with Gasteiger partial charge in [-0.25, -0.2) is 14.6 Å². The maximum Gasteiger partial charge on any atom is 0.341 e. The summed E-state index contributed by atoms with van der Waals surface area (Å²) in [5.41, 5.74) is 2.70. The lowest BCUT2D eigenvalue weighted by Gasteiger charge is -2.14. The summed E-state index contributed by atoms with van der Waals surface area (Å²) in [4.78, 5) is 42.9. The minimum Gasteiger partial charge on any atom is -0.465 e. The largest absolute Gasteiger partial charge is 0.465 e. The number of rotatable bonds is 5. The number of aryl methyl sites for hydroxylation is 1. The van der Waals surface area contributed by atoms with Gasteiger partial charge in [-0.3, -0.25) is 4.79 Å². The van der Waals surface area contributed by atoms with Crippen molar-refractivity contribution in [1.29, 1.82) is 0 Å². The van der Waals surface area contributed by atoms with Crippen LogP contribution in [0.25, 0.3) is 11.1 Å². The van der Waals surface area contributed by atoms with Crippen molar-refractivity contribution < 1.29 is 28.3 Å². The monoisotopic (exact) mass is 456 g/mol. The molecule has 1 aliphatic rings. The number of aromatic nitrogens is 1. The molecule has 168 valence electrons. The average molecular weight is 457 g/mol. The minimum absolute atomic E-state index is 0.253. The molecule has 0 radical (unpaired) electrons. The number of hydrogen-bond acceptors (Lipinski definition) is 8. The van der Waals surface area contributed by atoms with Crippen LogP contribution in [-0.2, 0) is 27.1 Å². The lowest BCUT2D eigenvalue weighted by atomic mass is 9.96. The maximum atomic E-state index is 12.8. The molecule has 0 aliphatic heterocycles. The standard InChI is InChI=1S/C23H24N2O6S/c1-13(31-22(27)14-9-10-16-17(11-14)30-12-24-16)20(26)25-21-19(23(28)29-2)15-7-5-3-4-6-8-18(15)32-21/h9-13H,3-8H2,1-2H3,(H,25,26). The fourth-order valence-corrected chi connectivity index (χ4v) is 5.08. The molecule has 0 saturated carbocycles. The normalized spacial score (nSPS) is 14.7. The van der Waals surface area contributed by atoms with E-state index in [1.54, 1.807) is 12.1 Å². The highest BCUT2D eigenvalue weighted by Gasteiger charge is 2.28. The van der Waals surface area contributed by atoms with Crippen LogP contribution < -0.4 is 5.32 Å². The van der Waals surface area contributed by atoms with Gasteiger partial charge < -0.3 is 19.2 Å². The molecule has 0 spiro atoms. The van der Waals surface area contributed by atoms with Crippen LogP contribution in [0, 0.1) is 0 Å². The Hall–Kier alpha value is -3.20. The van der Waals surface area contributed by atoms with Gasteiger partial charge in [-0.05, 0) is 56.4 Å². The molecule has 1 amide bonds. The number of carbonyl (C=O) groups excluding carboxylic acids is 3. The van der Waals surface area contributed by atoms with Crippen LogP contribution in [0.15, 0.2) is 29.0 Å². The topological polar surface area (TPSA) is 108 Å². The second-order valence-electron chi connectivity index (χ2n) is 7.69. The highest BCUT2D eigenvalue weighted by Crippen LogP contribution is 2.37. The summed E-state index contributed by atoms with van der Waals surface area (Å²) < 4.78 is 15.5. The molecule has 0 saturated heterocycles. The molecule has 0 bridgehead atoms. The number of carbonyl (C=O) groups is 3. The zero-order valence-corrected chi connectivity index (χ0v) is 18.8. The van der Waals surface area contributed by atoms with Crippen molar-refractivity contribution in [2.75, 3.05) is 12.4 Å². The summed E-state index contributed by atoms with van der Waals surface area (Å²) in [6.45, 7) is 1.49. The van der Waals surface area contributed by atoms with Gasteiger partial charge in [-0.15, -0.1) is 11.3 Å². The molecule has 9 heteroatoms. The maximum absolute atomic E-state index is 12.8. The Morgan fingerprint density at radius 2 is 1.91 bits per heavy atom. The molecular weight excluding hydrogens is 432 g/mol. The molecule has 2 heterocycles. The molecule has 32 heavy (non-hydrogen) atoms. The highest BCUT2D eigenvalue weighted by molar-refractivity contribution is 7.17. The molecular formula is C23H24N2O6S. The molecule has 4 rings (SSSR count). The molecule has 1 aliphatic carbocycles. The predicted molar refractivity (Wildman–Crippen MR) is 119 cm³/mol. The number of hydrogen-bond donors (Lipinski definition) is 1. The first-order chi connectivity index (χ1) is 15.5. The number of nitrogens with zero attached hydrogens (tertiary/aromatic N) is 1. The summed E-state index contributed by atoms with van der Waals surface area (Å²) in [5.74, 6) is -1.64. The van der Waals surface area contributed by atoms with Gasteiger partial charge in [0.1, 0.15) is 10.5 Å². The number of esters is 2. The van der Waals surface area contributed by atoms with Gasteiger partial charge in [0.2, 0.25) is 0 Å². The van der Waals surface area contributed by atoms with Crippen molar-refractivity contribution in [3.05, 3.63) is 46.2 Å². The van der Waals surface area contributed by atoms with E-state index in [9.17, 15) is 14.4 Å². The number of thiophene rings is 1. The van der Waals surface area contributed by atoms with E-state index in [-0.39, 0.29) is 5.56 Å². The van der Waals surface area contributed by atoms with Gasteiger partial charge in [0, 0.05) is 4.88 Å². The van der Waals surface area contributed by atoms with Crippen LogP contribution in [0.2, 0.25) is 0 Å². The molecule has 0 fully saturated rings. The summed E-state index contributed by atoms with van der Waals surface area (Å²) in [6, 6.07) is 4.72. The smallest absolute Gasteiger partial charge is 0.341 e. The Labute approximate surface area is 188 Å². The van der Waals surface area contributed by atoms with Crippen LogP contribution in [0.3, 0.4) is 0 Å².